The molecule has 0 spiro atoms. The van der Waals surface area contributed by atoms with Crippen LogP contribution in [-0.4, -0.2) is 16.2 Å². The van der Waals surface area contributed by atoms with Crippen molar-refractivity contribution in [3.63, 3.8) is 0 Å². The molecule has 0 unspecified atom stereocenters. The Hall–Kier alpha value is -2.51. The van der Waals surface area contributed by atoms with Crippen molar-refractivity contribution >= 4 is 51.9 Å². The molecule has 0 aliphatic carbocycles. The molecule has 0 aromatic heterocycles. The van der Waals surface area contributed by atoms with Crippen molar-refractivity contribution in [1.29, 1.82) is 0 Å². The topological polar surface area (TPSA) is 60.4 Å². The minimum atomic E-state index is -1.29. The molecule has 1 fully saturated rings. The van der Waals surface area contributed by atoms with E-state index in [1.165, 1.54) is 41.3 Å². The summed E-state index contributed by atoms with van der Waals surface area (Å²) in [4.78, 5) is 25.1. The van der Waals surface area contributed by atoms with Gasteiger partial charge in [-0.15, -0.1) is 0 Å². The van der Waals surface area contributed by atoms with Gasteiger partial charge in [0, 0.05) is 0 Å². The summed E-state index contributed by atoms with van der Waals surface area (Å²) in [5.41, 5.74) is 1.18. The number of carboxylic acids is 1. The van der Waals surface area contributed by atoms with Crippen LogP contribution < -0.4 is 10.0 Å². The summed E-state index contributed by atoms with van der Waals surface area (Å²) in [5, 5.41) is 10.8. The first kappa shape index (κ1) is 16.4. The Balaban J connectivity index is 1.88. The van der Waals surface area contributed by atoms with Gasteiger partial charge in [-0.25, -0.2) is 4.39 Å². The Kier molecular flexibility index (Phi) is 4.46. The number of benzene rings is 2. The molecule has 1 heterocycles. The lowest BCUT2D eigenvalue weighted by Gasteiger charge is -2.15. The van der Waals surface area contributed by atoms with Crippen molar-refractivity contribution in [2.45, 2.75) is 0 Å². The Bertz CT molecular complexity index is 860. The average molecular weight is 358 g/mol. The smallest absolute Gasteiger partial charge is 0.270 e. The third-order valence-electron chi connectivity index (χ3n) is 3.32. The third kappa shape index (κ3) is 3.22. The van der Waals surface area contributed by atoms with E-state index < -0.39 is 5.97 Å². The first-order valence-corrected chi connectivity index (χ1v) is 8.03. The SMILES string of the molecule is O=C([O-])c1ccc(N2C(=O)/C(=C/c3ccc(F)cc3)SC2=S)cc1. The van der Waals surface area contributed by atoms with Crippen LogP contribution in [0.3, 0.4) is 0 Å². The monoisotopic (exact) mass is 358 g/mol. The number of hydrogen-bond donors (Lipinski definition) is 0. The molecule has 120 valence electrons. The van der Waals surface area contributed by atoms with Gasteiger partial charge in [0.1, 0.15) is 5.82 Å². The molecule has 3 rings (SSSR count). The van der Waals surface area contributed by atoms with E-state index in [2.05, 4.69) is 0 Å². The number of carbonyl (C=O) groups is 2. The maximum atomic E-state index is 12.9. The number of carboxylic acid groups (broad SMARTS) is 1. The normalized spacial score (nSPS) is 16.0. The zero-order chi connectivity index (χ0) is 17.3. The highest BCUT2D eigenvalue weighted by Gasteiger charge is 2.33. The van der Waals surface area contributed by atoms with Crippen LogP contribution in [0.2, 0.25) is 0 Å². The molecule has 24 heavy (non-hydrogen) atoms. The molecule has 4 nitrogen and oxygen atoms in total. The molecule has 0 atom stereocenters. The van der Waals surface area contributed by atoms with Crippen LogP contribution in [0.15, 0.2) is 53.4 Å². The van der Waals surface area contributed by atoms with E-state index in [0.717, 1.165) is 11.8 Å². The summed E-state index contributed by atoms with van der Waals surface area (Å²) >= 11 is 6.37. The number of rotatable bonds is 3. The van der Waals surface area contributed by atoms with Gasteiger partial charge in [-0.3, -0.25) is 9.69 Å². The van der Waals surface area contributed by atoms with Gasteiger partial charge in [0.2, 0.25) is 0 Å². The molecule has 7 heteroatoms. The first-order valence-electron chi connectivity index (χ1n) is 6.80. The van der Waals surface area contributed by atoms with Gasteiger partial charge in [0.05, 0.1) is 16.6 Å². The quantitative estimate of drug-likeness (QED) is 0.623. The number of carbonyl (C=O) groups excluding carboxylic acids is 2. The maximum Gasteiger partial charge on any atom is 0.270 e. The summed E-state index contributed by atoms with van der Waals surface area (Å²) in [5.74, 6) is -1.95. The lowest BCUT2D eigenvalue weighted by molar-refractivity contribution is -0.255. The number of amides is 1. The van der Waals surface area contributed by atoms with Crippen LogP contribution in [0, 0.1) is 5.82 Å². The minimum absolute atomic E-state index is 0.0195. The number of thioether (sulfide) groups is 1. The molecule has 0 saturated carbocycles. The second kappa shape index (κ2) is 6.54. The van der Waals surface area contributed by atoms with Crippen LogP contribution >= 0.6 is 24.0 Å². The molecule has 0 N–H and O–H groups in total. The fourth-order valence-corrected chi connectivity index (χ4v) is 3.45. The molecule has 1 aliphatic rings. The molecular weight excluding hydrogens is 349 g/mol. The summed E-state index contributed by atoms with van der Waals surface area (Å²) in [6, 6.07) is 11.5. The summed E-state index contributed by atoms with van der Waals surface area (Å²) in [6.45, 7) is 0. The van der Waals surface area contributed by atoms with Gasteiger partial charge in [-0.05, 0) is 41.5 Å². The van der Waals surface area contributed by atoms with Gasteiger partial charge >= 0.3 is 0 Å². The number of nitrogens with zero attached hydrogens (tertiary/aromatic N) is 1. The zero-order valence-electron chi connectivity index (χ0n) is 12.1. The third-order valence-corrected chi connectivity index (χ3v) is 4.62. The van der Waals surface area contributed by atoms with E-state index in [4.69, 9.17) is 12.2 Å². The molecule has 2 aromatic rings. The standard InChI is InChI=1S/C17H10FNO3S2/c18-12-5-1-10(2-6-12)9-14-15(20)19(17(23)24-14)13-7-3-11(4-8-13)16(21)22/h1-9H,(H,21,22)/p-1/b14-9-. The lowest BCUT2D eigenvalue weighted by Crippen LogP contribution is -2.28. The van der Waals surface area contributed by atoms with Gasteiger partial charge < -0.3 is 9.90 Å². The van der Waals surface area contributed by atoms with E-state index in [-0.39, 0.29) is 17.3 Å². The summed E-state index contributed by atoms with van der Waals surface area (Å²) in [7, 11) is 0. The number of thiocarbonyl (C=S) groups is 1. The number of anilines is 1. The number of aromatic carboxylic acids is 1. The van der Waals surface area contributed by atoms with Crippen molar-refractivity contribution in [3.05, 3.63) is 70.4 Å². The van der Waals surface area contributed by atoms with Crippen LogP contribution in [-0.2, 0) is 4.79 Å². The van der Waals surface area contributed by atoms with Gasteiger partial charge in [-0.2, -0.15) is 0 Å². The Labute approximate surface area is 146 Å². The highest BCUT2D eigenvalue weighted by molar-refractivity contribution is 8.27. The van der Waals surface area contributed by atoms with E-state index in [9.17, 15) is 19.1 Å². The number of halogens is 1. The van der Waals surface area contributed by atoms with E-state index in [0.29, 0.717) is 20.5 Å². The predicted octanol–water partition coefficient (Wildman–Crippen LogP) is 2.60. The van der Waals surface area contributed by atoms with Crippen molar-refractivity contribution < 1.29 is 19.1 Å². The Morgan fingerprint density at radius 1 is 1.12 bits per heavy atom. The van der Waals surface area contributed by atoms with Crippen molar-refractivity contribution in [2.24, 2.45) is 0 Å². The molecule has 2 aromatic carbocycles. The minimum Gasteiger partial charge on any atom is -0.545 e. The molecule has 0 radical (unpaired) electrons. The van der Waals surface area contributed by atoms with Crippen molar-refractivity contribution in [2.75, 3.05) is 4.90 Å². The van der Waals surface area contributed by atoms with E-state index >= 15 is 0 Å². The first-order chi connectivity index (χ1) is 11.5. The Morgan fingerprint density at radius 2 is 1.75 bits per heavy atom. The molecule has 0 bridgehead atoms. The lowest BCUT2D eigenvalue weighted by atomic mass is 10.2. The van der Waals surface area contributed by atoms with Crippen LogP contribution in [0.25, 0.3) is 6.08 Å². The molecule has 1 amide bonds. The van der Waals surface area contributed by atoms with Gasteiger partial charge in [-0.1, -0.05) is 48.2 Å². The second-order valence-corrected chi connectivity index (χ2v) is 6.58. The van der Waals surface area contributed by atoms with Gasteiger partial charge in [0.25, 0.3) is 5.91 Å². The van der Waals surface area contributed by atoms with Gasteiger partial charge in [0.15, 0.2) is 4.32 Å². The van der Waals surface area contributed by atoms with Crippen LogP contribution in [0.4, 0.5) is 10.1 Å². The average Bonchev–Trinajstić information content (AvgIpc) is 2.83. The second-order valence-electron chi connectivity index (χ2n) is 4.90. The van der Waals surface area contributed by atoms with Crippen molar-refractivity contribution in [1.82, 2.24) is 0 Å². The predicted molar refractivity (Wildman–Crippen MR) is 92.8 cm³/mol. The highest BCUT2D eigenvalue weighted by Crippen LogP contribution is 2.36. The van der Waals surface area contributed by atoms with E-state index in [1.807, 2.05) is 0 Å². The molecule has 1 saturated heterocycles. The molecule has 1 aliphatic heterocycles. The fourth-order valence-electron chi connectivity index (χ4n) is 2.15. The fraction of sp³-hybridized carbons (Fsp3) is 0. The van der Waals surface area contributed by atoms with Crippen molar-refractivity contribution in [3.8, 4) is 0 Å². The van der Waals surface area contributed by atoms with E-state index in [1.54, 1.807) is 18.2 Å². The Morgan fingerprint density at radius 3 is 2.33 bits per heavy atom. The maximum absolute atomic E-state index is 12.9. The number of hydrogen-bond acceptors (Lipinski definition) is 5. The summed E-state index contributed by atoms with van der Waals surface area (Å²) in [6.07, 6.45) is 1.63. The summed E-state index contributed by atoms with van der Waals surface area (Å²) < 4.78 is 13.3. The van der Waals surface area contributed by atoms with Crippen LogP contribution in [0.1, 0.15) is 15.9 Å². The molecular formula is C17H9FNO3S2-. The van der Waals surface area contributed by atoms with Crippen LogP contribution in [0.5, 0.6) is 0 Å². The zero-order valence-corrected chi connectivity index (χ0v) is 13.7. The largest absolute Gasteiger partial charge is 0.545 e. The highest BCUT2D eigenvalue weighted by atomic mass is 32.2.